The molecule has 1 atom stereocenters. The van der Waals surface area contributed by atoms with Crippen LogP contribution in [0.2, 0.25) is 12.6 Å². The van der Waals surface area contributed by atoms with E-state index in [1.807, 2.05) is 0 Å². The minimum atomic E-state index is -2.04. The summed E-state index contributed by atoms with van der Waals surface area (Å²) in [6.07, 6.45) is 2.71. The molecule has 3 N–H and O–H groups in total. The molecule has 0 spiro atoms. The molecular formula is C12H29NO3Si. The van der Waals surface area contributed by atoms with Crippen LogP contribution in [0.5, 0.6) is 0 Å². The van der Waals surface area contributed by atoms with Gasteiger partial charge in [0.1, 0.15) is 0 Å². The van der Waals surface area contributed by atoms with Crippen LogP contribution in [-0.4, -0.2) is 40.5 Å². The topological polar surface area (TPSA) is 64.7 Å². The lowest BCUT2D eigenvalue weighted by Gasteiger charge is -2.30. The Morgan fingerprint density at radius 3 is 2.41 bits per heavy atom. The monoisotopic (exact) mass is 263 g/mol. The number of rotatable bonds is 10. The van der Waals surface area contributed by atoms with Crippen LogP contribution in [0.15, 0.2) is 0 Å². The van der Waals surface area contributed by atoms with E-state index in [4.69, 9.17) is 19.7 Å². The number of aliphatic hydroxyl groups excluding tert-OH is 1. The first-order valence-corrected chi connectivity index (χ1v) is 8.91. The van der Waals surface area contributed by atoms with Gasteiger partial charge in [-0.2, -0.15) is 0 Å². The standard InChI is InChI=1S/C12H29NO3Si/c1-12(2,11-13)7-10-17(4,15-3)16-9-6-5-8-14/h14H,5-11,13H2,1-4H3. The van der Waals surface area contributed by atoms with Gasteiger partial charge < -0.3 is 19.7 Å². The highest BCUT2D eigenvalue weighted by Gasteiger charge is 2.32. The number of nitrogens with two attached hydrogens (primary N) is 1. The van der Waals surface area contributed by atoms with Crippen LogP contribution in [0.3, 0.4) is 0 Å². The summed E-state index contributed by atoms with van der Waals surface area (Å²) in [5.41, 5.74) is 5.88. The lowest BCUT2D eigenvalue weighted by molar-refractivity contribution is 0.185. The van der Waals surface area contributed by atoms with Gasteiger partial charge in [0.25, 0.3) is 0 Å². The molecule has 5 heteroatoms. The van der Waals surface area contributed by atoms with Gasteiger partial charge in [0.15, 0.2) is 0 Å². The molecule has 0 rings (SSSR count). The highest BCUT2D eigenvalue weighted by Crippen LogP contribution is 2.26. The fourth-order valence-corrected chi connectivity index (χ4v) is 3.58. The largest absolute Gasteiger partial charge is 0.398 e. The van der Waals surface area contributed by atoms with Gasteiger partial charge in [-0.15, -0.1) is 0 Å². The summed E-state index contributed by atoms with van der Waals surface area (Å²) in [5, 5.41) is 8.71. The third-order valence-electron chi connectivity index (χ3n) is 3.20. The molecule has 0 fully saturated rings. The summed E-state index contributed by atoms with van der Waals surface area (Å²) >= 11 is 0. The molecule has 104 valence electrons. The van der Waals surface area contributed by atoms with Gasteiger partial charge in [0.05, 0.1) is 0 Å². The van der Waals surface area contributed by atoms with E-state index in [9.17, 15) is 0 Å². The van der Waals surface area contributed by atoms with Crippen molar-refractivity contribution in [2.24, 2.45) is 11.1 Å². The van der Waals surface area contributed by atoms with E-state index in [0.29, 0.717) is 13.2 Å². The maximum Gasteiger partial charge on any atom is 0.334 e. The van der Waals surface area contributed by atoms with Gasteiger partial charge in [0.2, 0.25) is 0 Å². The summed E-state index contributed by atoms with van der Waals surface area (Å²) in [6.45, 7) is 8.03. The van der Waals surface area contributed by atoms with Crippen molar-refractivity contribution in [3.8, 4) is 0 Å². The fourth-order valence-electron chi connectivity index (χ4n) is 1.40. The molecule has 0 saturated carbocycles. The van der Waals surface area contributed by atoms with Crippen LogP contribution < -0.4 is 5.73 Å². The second-order valence-corrected chi connectivity index (χ2v) is 8.95. The summed E-state index contributed by atoms with van der Waals surface area (Å²) in [4.78, 5) is 0. The molecule has 0 saturated heterocycles. The van der Waals surface area contributed by atoms with Crippen molar-refractivity contribution < 1.29 is 14.0 Å². The molecule has 0 aromatic carbocycles. The van der Waals surface area contributed by atoms with E-state index in [-0.39, 0.29) is 12.0 Å². The van der Waals surface area contributed by atoms with E-state index < -0.39 is 8.56 Å². The maximum absolute atomic E-state index is 8.71. The van der Waals surface area contributed by atoms with Crippen molar-refractivity contribution >= 4 is 8.56 Å². The predicted octanol–water partition coefficient (Wildman–Crippen LogP) is 1.87. The summed E-state index contributed by atoms with van der Waals surface area (Å²) in [7, 11) is -0.307. The van der Waals surface area contributed by atoms with Crippen molar-refractivity contribution in [1.82, 2.24) is 0 Å². The first-order valence-electron chi connectivity index (χ1n) is 6.39. The average Bonchev–Trinajstić information content (AvgIpc) is 2.32. The van der Waals surface area contributed by atoms with Gasteiger partial charge in [-0.05, 0) is 43.8 Å². The Morgan fingerprint density at radius 1 is 1.29 bits per heavy atom. The van der Waals surface area contributed by atoms with Gasteiger partial charge in [-0.25, -0.2) is 0 Å². The van der Waals surface area contributed by atoms with E-state index in [1.54, 1.807) is 7.11 Å². The highest BCUT2D eigenvalue weighted by molar-refractivity contribution is 6.65. The van der Waals surface area contributed by atoms with Crippen molar-refractivity contribution in [2.45, 2.75) is 45.7 Å². The van der Waals surface area contributed by atoms with Crippen LogP contribution >= 0.6 is 0 Å². The Balaban J connectivity index is 4.00. The molecule has 17 heavy (non-hydrogen) atoms. The number of aliphatic hydroxyl groups is 1. The first kappa shape index (κ1) is 17.1. The molecule has 4 nitrogen and oxygen atoms in total. The third-order valence-corrected chi connectivity index (χ3v) is 6.04. The van der Waals surface area contributed by atoms with Gasteiger partial charge >= 0.3 is 8.56 Å². The molecule has 0 heterocycles. The molecule has 0 aliphatic heterocycles. The molecule has 0 aliphatic carbocycles. The van der Waals surface area contributed by atoms with Crippen LogP contribution in [-0.2, 0) is 8.85 Å². The van der Waals surface area contributed by atoms with E-state index in [1.165, 1.54) is 0 Å². The van der Waals surface area contributed by atoms with Crippen LogP contribution in [0, 0.1) is 5.41 Å². The highest BCUT2D eigenvalue weighted by atomic mass is 28.4. The molecular weight excluding hydrogens is 234 g/mol. The average molecular weight is 263 g/mol. The molecule has 1 unspecified atom stereocenters. The Hall–Kier alpha value is 0.0569. The number of unbranched alkanes of at least 4 members (excludes halogenated alkanes) is 1. The summed E-state index contributed by atoms with van der Waals surface area (Å²) in [6, 6.07) is 0.965. The first-order chi connectivity index (χ1) is 7.89. The Morgan fingerprint density at radius 2 is 1.94 bits per heavy atom. The zero-order valence-electron chi connectivity index (χ0n) is 11.8. The molecule has 0 bridgehead atoms. The van der Waals surface area contributed by atoms with E-state index >= 15 is 0 Å². The maximum atomic E-state index is 8.71. The molecule has 0 radical (unpaired) electrons. The summed E-state index contributed by atoms with van der Waals surface area (Å²) in [5.74, 6) is 0. The van der Waals surface area contributed by atoms with Crippen molar-refractivity contribution in [3.05, 3.63) is 0 Å². The van der Waals surface area contributed by atoms with Crippen LogP contribution in [0.1, 0.15) is 33.1 Å². The van der Waals surface area contributed by atoms with Gasteiger partial charge in [-0.1, -0.05) is 13.8 Å². The normalized spacial score (nSPS) is 15.9. The van der Waals surface area contributed by atoms with Crippen molar-refractivity contribution in [2.75, 3.05) is 26.9 Å². The van der Waals surface area contributed by atoms with Crippen molar-refractivity contribution in [1.29, 1.82) is 0 Å². The van der Waals surface area contributed by atoms with E-state index in [0.717, 1.165) is 25.3 Å². The smallest absolute Gasteiger partial charge is 0.334 e. The molecule has 0 amide bonds. The van der Waals surface area contributed by atoms with Crippen LogP contribution in [0.25, 0.3) is 0 Å². The van der Waals surface area contributed by atoms with Crippen LogP contribution in [0.4, 0.5) is 0 Å². The molecule has 0 aromatic rings. The summed E-state index contributed by atoms with van der Waals surface area (Å²) < 4.78 is 11.5. The quantitative estimate of drug-likeness (QED) is 0.466. The van der Waals surface area contributed by atoms with Crippen molar-refractivity contribution in [3.63, 3.8) is 0 Å². The van der Waals surface area contributed by atoms with E-state index in [2.05, 4.69) is 20.4 Å². The molecule has 0 aliphatic rings. The Labute approximate surface area is 107 Å². The predicted molar refractivity (Wildman–Crippen MR) is 73.2 cm³/mol. The molecule has 0 aromatic heterocycles. The SMILES string of the molecule is CO[Si](C)(CCC(C)(C)CN)OCCCCO. The lowest BCUT2D eigenvalue weighted by Crippen LogP contribution is -2.39. The lowest BCUT2D eigenvalue weighted by atomic mass is 9.91. The second-order valence-electron chi connectivity index (χ2n) is 5.49. The Kier molecular flexibility index (Phi) is 8.24. The second kappa shape index (κ2) is 8.21. The minimum Gasteiger partial charge on any atom is -0.398 e. The van der Waals surface area contributed by atoms with Gasteiger partial charge in [0, 0.05) is 20.3 Å². The number of hydrogen-bond donors (Lipinski definition) is 2. The zero-order chi connectivity index (χ0) is 13.4. The number of hydrogen-bond acceptors (Lipinski definition) is 4. The zero-order valence-corrected chi connectivity index (χ0v) is 12.8. The Bertz CT molecular complexity index is 202. The fraction of sp³-hybridized carbons (Fsp3) is 1.00. The van der Waals surface area contributed by atoms with Gasteiger partial charge in [-0.3, -0.25) is 0 Å². The third kappa shape index (κ3) is 7.89. The minimum absolute atomic E-state index is 0.154.